The van der Waals surface area contributed by atoms with E-state index in [9.17, 15) is 24.6 Å². The average Bonchev–Trinajstić information content (AvgIpc) is 3.59. The molecule has 3 aromatic heterocycles. The Bertz CT molecular complexity index is 1670. The standard InChI is InChI=1S/C31H37N3O6S/c1-5-20-8-6-7-9-23(20)21(16-19-10-12-22(35)13-11-19)17-33-28-24(18(2)25(41-28)26-32-14-15-40-26)27(36)34(30(33)39)31(3,4)29(37)38/h6-9,14-15,19,21-22,35H,5,10-13,16-17H2,1-4H3,(H,37,38)/t19?,21-,22?/m0/s1. The van der Waals surface area contributed by atoms with Crippen molar-refractivity contribution in [3.8, 4) is 10.8 Å². The van der Waals surface area contributed by atoms with Gasteiger partial charge in [-0.25, -0.2) is 19.1 Å². The van der Waals surface area contributed by atoms with Gasteiger partial charge in [0.25, 0.3) is 5.56 Å². The molecule has 1 aliphatic rings. The second-order valence-corrected chi connectivity index (χ2v) is 12.6. The van der Waals surface area contributed by atoms with Crippen LogP contribution in [0.25, 0.3) is 21.0 Å². The summed E-state index contributed by atoms with van der Waals surface area (Å²) < 4.78 is 8.04. The minimum Gasteiger partial charge on any atom is -0.480 e. The van der Waals surface area contributed by atoms with E-state index in [1.807, 2.05) is 12.1 Å². The molecule has 1 atom stereocenters. The molecule has 4 aromatic rings. The number of rotatable bonds is 9. The summed E-state index contributed by atoms with van der Waals surface area (Å²) in [4.78, 5) is 45.8. The van der Waals surface area contributed by atoms with E-state index >= 15 is 0 Å². The maximum absolute atomic E-state index is 14.2. The monoisotopic (exact) mass is 579 g/mol. The molecule has 0 unspecified atom stereocenters. The number of carboxylic acid groups (broad SMARTS) is 1. The van der Waals surface area contributed by atoms with Gasteiger partial charge in [-0.2, -0.15) is 0 Å². The van der Waals surface area contributed by atoms with Gasteiger partial charge in [0.2, 0.25) is 5.89 Å². The average molecular weight is 580 g/mol. The molecule has 9 nitrogen and oxygen atoms in total. The van der Waals surface area contributed by atoms with Crippen LogP contribution >= 0.6 is 11.3 Å². The van der Waals surface area contributed by atoms with Gasteiger partial charge in [0.1, 0.15) is 16.6 Å². The van der Waals surface area contributed by atoms with Crippen molar-refractivity contribution in [2.75, 3.05) is 0 Å². The maximum atomic E-state index is 14.2. The largest absolute Gasteiger partial charge is 0.480 e. The first kappa shape index (κ1) is 29.0. The molecular formula is C31H37N3O6S. The molecule has 10 heteroatoms. The zero-order chi connectivity index (χ0) is 29.5. The molecule has 41 heavy (non-hydrogen) atoms. The van der Waals surface area contributed by atoms with Crippen LogP contribution in [0.4, 0.5) is 0 Å². The summed E-state index contributed by atoms with van der Waals surface area (Å²) in [7, 11) is 0. The second kappa shape index (κ2) is 11.4. The Morgan fingerprint density at radius 2 is 1.90 bits per heavy atom. The number of fused-ring (bicyclic) bond motifs is 1. The van der Waals surface area contributed by atoms with E-state index in [1.54, 1.807) is 11.5 Å². The molecule has 0 radical (unpaired) electrons. The fourth-order valence-corrected chi connectivity index (χ4v) is 7.44. The summed E-state index contributed by atoms with van der Waals surface area (Å²) in [6.45, 7) is 6.93. The number of aliphatic hydroxyl groups is 1. The van der Waals surface area contributed by atoms with Crippen LogP contribution in [0.15, 0.2) is 50.7 Å². The van der Waals surface area contributed by atoms with Gasteiger partial charge in [0, 0.05) is 12.5 Å². The van der Waals surface area contributed by atoms with E-state index in [4.69, 9.17) is 4.42 Å². The molecule has 0 bridgehead atoms. The first-order valence-electron chi connectivity index (χ1n) is 14.2. The summed E-state index contributed by atoms with van der Waals surface area (Å²) in [5, 5.41) is 20.4. The molecule has 0 aliphatic heterocycles. The first-order chi connectivity index (χ1) is 19.5. The van der Waals surface area contributed by atoms with E-state index in [-0.39, 0.29) is 18.6 Å². The van der Waals surface area contributed by atoms with Crippen molar-refractivity contribution in [2.45, 2.75) is 90.3 Å². The van der Waals surface area contributed by atoms with Gasteiger partial charge in [-0.3, -0.25) is 9.36 Å². The van der Waals surface area contributed by atoms with Crippen molar-refractivity contribution in [3.05, 3.63) is 74.3 Å². The minimum absolute atomic E-state index is 0.0567. The molecule has 5 rings (SSSR count). The van der Waals surface area contributed by atoms with Gasteiger partial charge >= 0.3 is 11.7 Å². The van der Waals surface area contributed by atoms with Crippen LogP contribution in [0.5, 0.6) is 0 Å². The maximum Gasteiger partial charge on any atom is 0.333 e. The minimum atomic E-state index is -1.77. The number of nitrogens with zero attached hydrogens (tertiary/aromatic N) is 3. The van der Waals surface area contributed by atoms with Crippen molar-refractivity contribution in [1.82, 2.24) is 14.1 Å². The second-order valence-electron chi connectivity index (χ2n) is 11.6. The third-order valence-electron chi connectivity index (χ3n) is 8.63. The summed E-state index contributed by atoms with van der Waals surface area (Å²) in [6, 6.07) is 8.24. The number of aryl methyl sites for hydroxylation is 2. The molecule has 0 spiro atoms. The zero-order valence-electron chi connectivity index (χ0n) is 23.9. The summed E-state index contributed by atoms with van der Waals surface area (Å²) in [5.74, 6) is -0.593. The van der Waals surface area contributed by atoms with Crippen molar-refractivity contribution in [1.29, 1.82) is 0 Å². The fraction of sp³-hybridized carbons (Fsp3) is 0.484. The van der Waals surface area contributed by atoms with E-state index in [1.165, 1.54) is 43.2 Å². The quantitative estimate of drug-likeness (QED) is 0.276. The lowest BCUT2D eigenvalue weighted by Gasteiger charge is -2.31. The van der Waals surface area contributed by atoms with E-state index in [0.717, 1.165) is 48.7 Å². The molecule has 0 saturated heterocycles. The van der Waals surface area contributed by atoms with Gasteiger partial charge in [0.05, 0.1) is 22.6 Å². The number of carboxylic acids is 1. The first-order valence-corrected chi connectivity index (χ1v) is 15.0. The number of aromatic nitrogens is 3. The van der Waals surface area contributed by atoms with Crippen LogP contribution < -0.4 is 11.2 Å². The number of hydrogen-bond donors (Lipinski definition) is 2. The smallest absolute Gasteiger partial charge is 0.333 e. The summed E-state index contributed by atoms with van der Waals surface area (Å²) >= 11 is 1.27. The number of oxazole rings is 1. The van der Waals surface area contributed by atoms with Crippen LogP contribution in [-0.4, -0.2) is 36.4 Å². The molecular weight excluding hydrogens is 542 g/mol. The number of thiophene rings is 1. The highest BCUT2D eigenvalue weighted by molar-refractivity contribution is 7.22. The van der Waals surface area contributed by atoms with Crippen molar-refractivity contribution < 1.29 is 19.4 Å². The van der Waals surface area contributed by atoms with Crippen LogP contribution in [0.1, 0.15) is 75.5 Å². The van der Waals surface area contributed by atoms with Crippen LogP contribution in [0, 0.1) is 12.8 Å². The summed E-state index contributed by atoms with van der Waals surface area (Å²) in [5.41, 5.74) is -0.0944. The third kappa shape index (κ3) is 5.30. The molecule has 1 aromatic carbocycles. The van der Waals surface area contributed by atoms with Gasteiger partial charge in [-0.1, -0.05) is 31.2 Å². The van der Waals surface area contributed by atoms with E-state index in [2.05, 4.69) is 24.0 Å². The topological polar surface area (TPSA) is 128 Å². The lowest BCUT2D eigenvalue weighted by Crippen LogP contribution is -2.52. The van der Waals surface area contributed by atoms with Crippen molar-refractivity contribution in [2.24, 2.45) is 5.92 Å². The van der Waals surface area contributed by atoms with Crippen molar-refractivity contribution >= 4 is 27.5 Å². The highest BCUT2D eigenvalue weighted by Crippen LogP contribution is 2.39. The zero-order valence-corrected chi connectivity index (χ0v) is 24.7. The Morgan fingerprint density at radius 1 is 1.20 bits per heavy atom. The van der Waals surface area contributed by atoms with Crippen LogP contribution in [0.2, 0.25) is 0 Å². The highest BCUT2D eigenvalue weighted by Gasteiger charge is 2.36. The number of aliphatic carboxylic acids is 1. The SMILES string of the molecule is CCc1ccccc1[C@@H](CC1CCC(O)CC1)Cn1c(=O)n(C(C)(C)C(=O)O)c(=O)c2c(C)c(-c3ncco3)sc21. The molecule has 2 N–H and O–H groups in total. The molecule has 1 saturated carbocycles. The van der Waals surface area contributed by atoms with Crippen LogP contribution in [0.3, 0.4) is 0 Å². The Morgan fingerprint density at radius 3 is 2.54 bits per heavy atom. The Balaban J connectivity index is 1.74. The van der Waals surface area contributed by atoms with Gasteiger partial charge in [-0.05, 0) is 81.9 Å². The van der Waals surface area contributed by atoms with Crippen LogP contribution in [-0.2, 0) is 23.3 Å². The molecule has 218 valence electrons. The van der Waals surface area contributed by atoms with Gasteiger partial charge in [-0.15, -0.1) is 11.3 Å². The predicted molar refractivity (Wildman–Crippen MR) is 159 cm³/mol. The highest BCUT2D eigenvalue weighted by atomic mass is 32.1. The fourth-order valence-electron chi connectivity index (χ4n) is 6.19. The summed E-state index contributed by atoms with van der Waals surface area (Å²) in [6.07, 6.45) is 7.71. The van der Waals surface area contributed by atoms with Gasteiger partial charge < -0.3 is 14.6 Å². The normalized spacial score (nSPS) is 18.6. The Hall–Kier alpha value is -3.50. The third-order valence-corrected chi connectivity index (χ3v) is 9.94. The Labute approximate surface area is 242 Å². The van der Waals surface area contributed by atoms with E-state index < -0.39 is 22.8 Å². The molecule has 0 amide bonds. The molecule has 3 heterocycles. The number of carbonyl (C=O) groups is 1. The van der Waals surface area contributed by atoms with Gasteiger partial charge in [0.15, 0.2) is 0 Å². The predicted octanol–water partition coefficient (Wildman–Crippen LogP) is 5.30. The molecule has 1 fully saturated rings. The lowest BCUT2D eigenvalue weighted by molar-refractivity contribution is -0.146. The Kier molecular flexibility index (Phi) is 8.07. The lowest BCUT2D eigenvalue weighted by atomic mass is 9.78. The van der Waals surface area contributed by atoms with E-state index in [0.29, 0.717) is 32.5 Å². The van der Waals surface area contributed by atoms with Crippen molar-refractivity contribution in [3.63, 3.8) is 0 Å². The number of hydrogen-bond acceptors (Lipinski definition) is 7. The molecule has 1 aliphatic carbocycles. The number of aliphatic hydroxyl groups excluding tert-OH is 1. The number of benzene rings is 1.